The van der Waals surface area contributed by atoms with Crippen molar-refractivity contribution in [1.29, 1.82) is 0 Å². The summed E-state index contributed by atoms with van der Waals surface area (Å²) in [7, 11) is 0. The van der Waals surface area contributed by atoms with Gasteiger partial charge in [-0.1, -0.05) is 12.1 Å². The van der Waals surface area contributed by atoms with Crippen molar-refractivity contribution >= 4 is 11.3 Å². The maximum absolute atomic E-state index is 14.6. The van der Waals surface area contributed by atoms with Crippen molar-refractivity contribution in [2.24, 2.45) is 5.41 Å². The molecule has 0 radical (unpaired) electrons. The van der Waals surface area contributed by atoms with Gasteiger partial charge in [0.05, 0.1) is 23.1 Å². The molecule has 7 heteroatoms. The zero-order chi connectivity index (χ0) is 21.9. The van der Waals surface area contributed by atoms with Gasteiger partial charge < -0.3 is 4.90 Å². The van der Waals surface area contributed by atoms with E-state index in [1.807, 2.05) is 18.3 Å². The first-order valence-electron chi connectivity index (χ1n) is 11.0. The van der Waals surface area contributed by atoms with Gasteiger partial charge in [-0.25, -0.2) is 18.3 Å². The van der Waals surface area contributed by atoms with Crippen LogP contribution in [0, 0.1) is 24.0 Å². The molecule has 3 aromatic heterocycles. The average molecular weight is 431 g/mol. The molecule has 4 heterocycles. The van der Waals surface area contributed by atoms with E-state index in [-0.39, 0.29) is 11.0 Å². The Morgan fingerprint density at radius 2 is 1.72 bits per heavy atom. The van der Waals surface area contributed by atoms with E-state index < -0.39 is 11.6 Å². The highest BCUT2D eigenvalue weighted by molar-refractivity contribution is 5.76. The lowest BCUT2D eigenvalue weighted by atomic mass is 9.76. The number of pyridine rings is 1. The van der Waals surface area contributed by atoms with Crippen LogP contribution >= 0.6 is 0 Å². The lowest BCUT2D eigenvalue weighted by molar-refractivity contribution is 0.231. The molecule has 0 saturated carbocycles. The van der Waals surface area contributed by atoms with Crippen LogP contribution in [-0.2, 0) is 12.8 Å². The highest BCUT2D eigenvalue weighted by atomic mass is 19.1. The summed E-state index contributed by atoms with van der Waals surface area (Å²) in [6, 6.07) is 9.98. The third kappa shape index (κ3) is 2.91. The summed E-state index contributed by atoms with van der Waals surface area (Å²) in [5, 5.41) is 4.40. The number of hydrogen-bond acceptors (Lipinski definition) is 4. The molecule has 5 nitrogen and oxygen atoms in total. The highest BCUT2D eigenvalue weighted by Crippen LogP contribution is 2.45. The van der Waals surface area contributed by atoms with Crippen LogP contribution in [0.3, 0.4) is 0 Å². The number of halogens is 2. The lowest BCUT2D eigenvalue weighted by Crippen LogP contribution is -2.41. The van der Waals surface area contributed by atoms with Gasteiger partial charge in [-0.2, -0.15) is 5.10 Å². The molecule has 162 valence electrons. The first-order chi connectivity index (χ1) is 15.5. The maximum Gasteiger partial charge on any atom is 0.155 e. The van der Waals surface area contributed by atoms with E-state index in [0.29, 0.717) is 11.4 Å². The molecule has 2 aliphatic rings. The minimum atomic E-state index is -0.617. The topological polar surface area (TPSA) is 46.3 Å². The average Bonchev–Trinajstić information content (AvgIpc) is 3.40. The van der Waals surface area contributed by atoms with Gasteiger partial charge in [-0.05, 0) is 67.9 Å². The summed E-state index contributed by atoms with van der Waals surface area (Å²) in [6.07, 6.45) is 7.80. The Bertz CT molecular complexity index is 1290. The Kier molecular flexibility index (Phi) is 4.28. The van der Waals surface area contributed by atoms with Gasteiger partial charge in [0.15, 0.2) is 5.82 Å². The lowest BCUT2D eigenvalue weighted by Gasteiger charge is -2.40. The van der Waals surface area contributed by atoms with Crippen LogP contribution in [0.1, 0.15) is 29.8 Å². The number of fused-ring (bicyclic) bond motifs is 2. The normalized spacial score (nSPS) is 17.3. The number of aromatic nitrogens is 4. The molecule has 1 fully saturated rings. The molecule has 1 aromatic carbocycles. The van der Waals surface area contributed by atoms with E-state index in [1.54, 1.807) is 17.6 Å². The molecule has 6 rings (SSSR count). The fraction of sp³-hybridized carbons (Fsp3) is 0.320. The third-order valence-electron chi connectivity index (χ3n) is 7.12. The SMILES string of the molecule is Cc1nc(N2CCC3(CC2)Cc2cccnc2C3)c2ccnn2c1-c1c(F)cccc1F. The minimum Gasteiger partial charge on any atom is -0.355 e. The van der Waals surface area contributed by atoms with E-state index in [2.05, 4.69) is 21.0 Å². The smallest absolute Gasteiger partial charge is 0.155 e. The van der Waals surface area contributed by atoms with Crippen molar-refractivity contribution < 1.29 is 8.78 Å². The molecule has 4 aromatic rings. The number of anilines is 1. The second-order valence-corrected chi connectivity index (χ2v) is 9.04. The zero-order valence-electron chi connectivity index (χ0n) is 17.9. The van der Waals surface area contributed by atoms with Crippen molar-refractivity contribution in [2.75, 3.05) is 18.0 Å². The molecular weight excluding hydrogens is 408 g/mol. The number of aryl methyl sites for hydroxylation is 1. The van der Waals surface area contributed by atoms with Crippen LogP contribution in [0.5, 0.6) is 0 Å². The van der Waals surface area contributed by atoms with Crippen LogP contribution in [0.2, 0.25) is 0 Å². The summed E-state index contributed by atoms with van der Waals surface area (Å²) in [6.45, 7) is 3.56. The predicted octanol–water partition coefficient (Wildman–Crippen LogP) is 4.76. The van der Waals surface area contributed by atoms with Crippen molar-refractivity contribution in [2.45, 2.75) is 32.6 Å². The summed E-state index contributed by atoms with van der Waals surface area (Å²) in [5.41, 5.74) is 4.48. The van der Waals surface area contributed by atoms with Crippen LogP contribution in [0.15, 0.2) is 48.8 Å². The van der Waals surface area contributed by atoms with Crippen molar-refractivity contribution in [3.8, 4) is 11.3 Å². The summed E-state index contributed by atoms with van der Waals surface area (Å²) in [4.78, 5) is 11.7. The quantitative estimate of drug-likeness (QED) is 0.459. The molecule has 32 heavy (non-hydrogen) atoms. The predicted molar refractivity (Wildman–Crippen MR) is 119 cm³/mol. The number of benzene rings is 1. The van der Waals surface area contributed by atoms with Gasteiger partial charge in [0.25, 0.3) is 0 Å². The Morgan fingerprint density at radius 1 is 0.938 bits per heavy atom. The van der Waals surface area contributed by atoms with Gasteiger partial charge in [0, 0.05) is 25.0 Å². The van der Waals surface area contributed by atoms with E-state index >= 15 is 0 Å². The van der Waals surface area contributed by atoms with E-state index in [0.717, 1.165) is 50.1 Å². The number of hydrogen-bond donors (Lipinski definition) is 0. The second kappa shape index (κ2) is 7.08. The Labute approximate surface area is 184 Å². The van der Waals surface area contributed by atoms with Gasteiger partial charge in [-0.15, -0.1) is 0 Å². The molecule has 1 spiro atoms. The largest absolute Gasteiger partial charge is 0.355 e. The molecule has 1 aliphatic heterocycles. The standard InChI is InChI=1S/C25H23F2N5/c1-16-23(22-18(26)5-2-6-19(22)27)32-21(7-11-29-32)24(30-16)31-12-8-25(9-13-31)14-17-4-3-10-28-20(17)15-25/h2-7,10-11H,8-9,12-15H2,1H3. The molecule has 0 N–H and O–H groups in total. The molecule has 1 saturated heterocycles. The third-order valence-corrected chi connectivity index (χ3v) is 7.12. The van der Waals surface area contributed by atoms with Crippen LogP contribution in [-0.4, -0.2) is 32.7 Å². The van der Waals surface area contributed by atoms with Crippen molar-refractivity contribution in [3.05, 3.63) is 77.4 Å². The molecule has 0 unspecified atom stereocenters. The van der Waals surface area contributed by atoms with E-state index in [4.69, 9.17) is 4.98 Å². The summed E-state index contributed by atoms with van der Waals surface area (Å²) in [5.74, 6) is -0.411. The van der Waals surface area contributed by atoms with E-state index in [1.165, 1.54) is 29.5 Å². The van der Waals surface area contributed by atoms with Crippen molar-refractivity contribution in [3.63, 3.8) is 0 Å². The van der Waals surface area contributed by atoms with Crippen LogP contribution in [0.4, 0.5) is 14.6 Å². The van der Waals surface area contributed by atoms with Crippen LogP contribution in [0.25, 0.3) is 16.8 Å². The fourth-order valence-corrected chi connectivity index (χ4v) is 5.48. The van der Waals surface area contributed by atoms with Gasteiger partial charge in [0.1, 0.15) is 17.2 Å². The fourth-order valence-electron chi connectivity index (χ4n) is 5.48. The molecule has 0 amide bonds. The summed E-state index contributed by atoms with van der Waals surface area (Å²) < 4.78 is 30.7. The van der Waals surface area contributed by atoms with Crippen molar-refractivity contribution in [1.82, 2.24) is 19.6 Å². The summed E-state index contributed by atoms with van der Waals surface area (Å²) >= 11 is 0. The zero-order valence-corrected chi connectivity index (χ0v) is 17.9. The van der Waals surface area contributed by atoms with Gasteiger partial charge >= 0.3 is 0 Å². The number of nitrogens with zero attached hydrogens (tertiary/aromatic N) is 5. The monoisotopic (exact) mass is 431 g/mol. The Hall–Kier alpha value is -3.35. The maximum atomic E-state index is 14.6. The number of piperidine rings is 1. The second-order valence-electron chi connectivity index (χ2n) is 9.04. The van der Waals surface area contributed by atoms with Crippen LogP contribution < -0.4 is 4.90 Å². The molecular formula is C25H23F2N5. The van der Waals surface area contributed by atoms with Gasteiger partial charge in [0.2, 0.25) is 0 Å². The van der Waals surface area contributed by atoms with Gasteiger partial charge in [-0.3, -0.25) is 4.98 Å². The molecule has 1 aliphatic carbocycles. The first-order valence-corrected chi connectivity index (χ1v) is 11.0. The van der Waals surface area contributed by atoms with E-state index in [9.17, 15) is 8.78 Å². The Balaban J connectivity index is 1.34. The molecule has 0 atom stereocenters. The molecule has 0 bridgehead atoms. The highest BCUT2D eigenvalue weighted by Gasteiger charge is 2.41. The Morgan fingerprint density at radius 3 is 2.47 bits per heavy atom. The first kappa shape index (κ1) is 19.3. The minimum absolute atomic E-state index is 0.0911. The number of rotatable bonds is 2.